The summed E-state index contributed by atoms with van der Waals surface area (Å²) in [5.41, 5.74) is 5.66. The molecule has 0 heterocycles. The molecule has 4 N–H and O–H groups in total. The zero-order valence-electron chi connectivity index (χ0n) is 12.1. The van der Waals surface area contributed by atoms with Crippen LogP contribution in [0.15, 0.2) is 0 Å². The van der Waals surface area contributed by atoms with Crippen LogP contribution in [0.5, 0.6) is 0 Å². The molecule has 102 valence electrons. The summed E-state index contributed by atoms with van der Waals surface area (Å²) in [4.78, 5) is 22.5. The molecule has 5 nitrogen and oxygen atoms in total. The Kier molecular flexibility index (Phi) is 14.7. The van der Waals surface area contributed by atoms with Gasteiger partial charge in [0.05, 0.1) is 6.04 Å². The average molecular weight is 304 g/mol. The molecule has 0 bridgehead atoms. The number of aliphatic carboxylic acids is 1. The number of carbonyl (C=O) groups excluding carboxylic acids is 1. The molecule has 0 radical (unpaired) electrons. The van der Waals surface area contributed by atoms with Crippen LogP contribution in [-0.2, 0) is 9.59 Å². The summed E-state index contributed by atoms with van der Waals surface area (Å²) in [6, 6.07) is -1.46. The van der Waals surface area contributed by atoms with Crippen LogP contribution in [0.2, 0.25) is 0 Å². The van der Waals surface area contributed by atoms with Gasteiger partial charge in [-0.2, -0.15) is 23.5 Å². The van der Waals surface area contributed by atoms with Crippen LogP contribution in [-0.4, -0.2) is 53.1 Å². The van der Waals surface area contributed by atoms with Crippen molar-refractivity contribution < 1.29 is 45.7 Å². The van der Waals surface area contributed by atoms with Crippen molar-refractivity contribution in [1.29, 1.82) is 0 Å². The third kappa shape index (κ3) is 9.52. The molecule has 18 heavy (non-hydrogen) atoms. The zero-order valence-corrected chi connectivity index (χ0v) is 14.8. The third-order valence-electron chi connectivity index (χ3n) is 2.19. The standard InChI is InChI=1S/C10H20N2O3S2.Na.H/c1-16-5-3-7(11)9(13)12-8(10(14)15)4-6-17-2;;/h7-8H,3-6,11H2,1-2H3,(H,12,13)(H,14,15);;/q;+1;-1. The van der Waals surface area contributed by atoms with Crippen molar-refractivity contribution in [1.82, 2.24) is 5.32 Å². The van der Waals surface area contributed by atoms with E-state index in [-0.39, 0.29) is 36.9 Å². The SMILES string of the molecule is CSCCC(N)C(=O)NC(CCSC)C(=O)O.[H-].[Na+]. The predicted molar refractivity (Wildman–Crippen MR) is 74.7 cm³/mol. The van der Waals surface area contributed by atoms with E-state index in [0.29, 0.717) is 18.6 Å². The Balaban J connectivity index is -0.00000128. The van der Waals surface area contributed by atoms with Crippen LogP contribution in [0.25, 0.3) is 0 Å². The van der Waals surface area contributed by atoms with Crippen molar-refractivity contribution in [2.45, 2.75) is 24.9 Å². The summed E-state index contributed by atoms with van der Waals surface area (Å²) < 4.78 is 0. The zero-order chi connectivity index (χ0) is 13.3. The van der Waals surface area contributed by atoms with Crippen LogP contribution in [0.4, 0.5) is 0 Å². The second-order valence-corrected chi connectivity index (χ2v) is 5.54. The van der Waals surface area contributed by atoms with Crippen LogP contribution in [0, 0.1) is 0 Å². The molecule has 0 saturated heterocycles. The largest absolute Gasteiger partial charge is 1.00 e. The van der Waals surface area contributed by atoms with Crippen molar-refractivity contribution >= 4 is 35.4 Å². The van der Waals surface area contributed by atoms with Gasteiger partial charge >= 0.3 is 35.5 Å². The number of nitrogens with two attached hydrogens (primary N) is 1. The minimum absolute atomic E-state index is 0. The normalized spacial score (nSPS) is 13.3. The number of carboxylic acid groups (broad SMARTS) is 1. The van der Waals surface area contributed by atoms with Crippen LogP contribution in [0.3, 0.4) is 0 Å². The van der Waals surface area contributed by atoms with Gasteiger partial charge in [-0.15, -0.1) is 0 Å². The first-order valence-corrected chi connectivity index (χ1v) is 8.08. The fourth-order valence-corrected chi connectivity index (χ4v) is 2.11. The molecular weight excluding hydrogens is 283 g/mol. The van der Waals surface area contributed by atoms with Crippen molar-refractivity contribution in [3.63, 3.8) is 0 Å². The fourth-order valence-electron chi connectivity index (χ4n) is 1.15. The van der Waals surface area contributed by atoms with Gasteiger partial charge in [0.2, 0.25) is 5.91 Å². The van der Waals surface area contributed by atoms with Gasteiger partial charge in [-0.05, 0) is 36.9 Å². The van der Waals surface area contributed by atoms with E-state index in [0.717, 1.165) is 5.75 Å². The quantitative estimate of drug-likeness (QED) is 0.408. The Morgan fingerprint density at radius 1 is 1.28 bits per heavy atom. The molecule has 8 heteroatoms. The molecule has 1 amide bonds. The summed E-state index contributed by atoms with van der Waals surface area (Å²) in [6.07, 6.45) is 4.80. The van der Waals surface area contributed by atoms with Gasteiger partial charge in [-0.25, -0.2) is 4.79 Å². The van der Waals surface area contributed by atoms with E-state index in [1.165, 1.54) is 0 Å². The second kappa shape index (κ2) is 12.6. The van der Waals surface area contributed by atoms with Gasteiger partial charge in [-0.1, -0.05) is 0 Å². The summed E-state index contributed by atoms with van der Waals surface area (Å²) in [7, 11) is 0. The maximum atomic E-state index is 11.6. The molecule has 0 aromatic rings. The monoisotopic (exact) mass is 304 g/mol. The summed E-state index contributed by atoms with van der Waals surface area (Å²) in [5, 5.41) is 11.4. The van der Waals surface area contributed by atoms with Gasteiger partial charge in [0.15, 0.2) is 0 Å². The van der Waals surface area contributed by atoms with Crippen molar-refractivity contribution in [2.24, 2.45) is 5.73 Å². The minimum Gasteiger partial charge on any atom is -1.00 e. The number of carbonyl (C=O) groups is 2. The van der Waals surface area contributed by atoms with E-state index in [2.05, 4.69) is 5.32 Å². The molecule has 0 spiro atoms. The molecule has 0 aromatic carbocycles. The number of nitrogens with one attached hydrogen (secondary N) is 1. The molecule has 0 aromatic heterocycles. The topological polar surface area (TPSA) is 92.4 Å². The molecule has 0 rings (SSSR count). The molecule has 0 aliphatic heterocycles. The van der Waals surface area contributed by atoms with E-state index >= 15 is 0 Å². The predicted octanol–water partition coefficient (Wildman–Crippen LogP) is -2.49. The van der Waals surface area contributed by atoms with Crippen LogP contribution >= 0.6 is 23.5 Å². The molecular formula is C10H21N2NaO3S2. The van der Waals surface area contributed by atoms with Crippen molar-refractivity contribution in [3.8, 4) is 0 Å². The van der Waals surface area contributed by atoms with Gasteiger partial charge < -0.3 is 17.6 Å². The molecule has 0 aliphatic carbocycles. The van der Waals surface area contributed by atoms with Gasteiger partial charge in [0.25, 0.3) is 0 Å². The van der Waals surface area contributed by atoms with Crippen LogP contribution < -0.4 is 40.6 Å². The molecule has 2 atom stereocenters. The number of rotatable bonds is 9. The van der Waals surface area contributed by atoms with E-state index in [1.807, 2.05) is 12.5 Å². The van der Waals surface area contributed by atoms with Gasteiger partial charge in [0.1, 0.15) is 6.04 Å². The Morgan fingerprint density at radius 2 is 1.78 bits per heavy atom. The van der Waals surface area contributed by atoms with E-state index in [1.54, 1.807) is 23.5 Å². The van der Waals surface area contributed by atoms with Gasteiger partial charge in [-0.3, -0.25) is 4.79 Å². The number of hydrogen-bond acceptors (Lipinski definition) is 5. The first kappa shape index (κ1) is 20.9. The minimum atomic E-state index is -1.01. The Labute approximate surface area is 140 Å². The molecule has 0 saturated carbocycles. The number of hydrogen-bond donors (Lipinski definition) is 3. The first-order valence-electron chi connectivity index (χ1n) is 5.29. The van der Waals surface area contributed by atoms with Crippen molar-refractivity contribution in [3.05, 3.63) is 0 Å². The summed E-state index contributed by atoms with van der Waals surface area (Å²) >= 11 is 3.15. The summed E-state index contributed by atoms with van der Waals surface area (Å²) in [6.45, 7) is 0. The van der Waals surface area contributed by atoms with E-state index in [9.17, 15) is 9.59 Å². The number of amides is 1. The Hall–Kier alpha value is 0.600. The second-order valence-electron chi connectivity index (χ2n) is 3.57. The molecule has 0 fully saturated rings. The van der Waals surface area contributed by atoms with E-state index in [4.69, 9.17) is 10.8 Å². The number of carboxylic acids is 1. The van der Waals surface area contributed by atoms with Crippen LogP contribution in [0.1, 0.15) is 14.3 Å². The Bertz CT molecular complexity index is 263. The number of thioether (sulfide) groups is 2. The Morgan fingerprint density at radius 3 is 2.22 bits per heavy atom. The first-order chi connectivity index (χ1) is 8.02. The maximum absolute atomic E-state index is 11.6. The van der Waals surface area contributed by atoms with Gasteiger partial charge in [0, 0.05) is 0 Å². The smallest absolute Gasteiger partial charge is 1.00 e. The van der Waals surface area contributed by atoms with E-state index < -0.39 is 18.1 Å². The maximum Gasteiger partial charge on any atom is 1.00 e. The molecule has 2 unspecified atom stereocenters. The summed E-state index contributed by atoms with van der Waals surface area (Å²) in [5.74, 6) is 0.0889. The average Bonchev–Trinajstić information content (AvgIpc) is 2.30. The van der Waals surface area contributed by atoms with Crippen molar-refractivity contribution in [2.75, 3.05) is 24.0 Å². The third-order valence-corrected chi connectivity index (χ3v) is 3.48. The fraction of sp³-hybridized carbons (Fsp3) is 0.800. The molecule has 0 aliphatic rings.